The monoisotopic (exact) mass is 282 g/mol. The number of aryl methyl sites for hydroxylation is 3. The molecule has 0 bridgehead atoms. The fourth-order valence-electron chi connectivity index (χ4n) is 3.18. The van der Waals surface area contributed by atoms with Gasteiger partial charge < -0.3 is 10.3 Å². The second-order valence-corrected chi connectivity index (χ2v) is 5.51. The molecule has 0 amide bonds. The van der Waals surface area contributed by atoms with Gasteiger partial charge in [0.05, 0.1) is 5.69 Å². The van der Waals surface area contributed by atoms with Gasteiger partial charge in [0.25, 0.3) is 0 Å². The van der Waals surface area contributed by atoms with Crippen molar-refractivity contribution in [1.29, 1.82) is 0 Å². The van der Waals surface area contributed by atoms with Gasteiger partial charge in [-0.2, -0.15) is 5.10 Å². The van der Waals surface area contributed by atoms with Crippen LogP contribution in [0.2, 0.25) is 0 Å². The van der Waals surface area contributed by atoms with E-state index >= 15 is 0 Å². The number of aromatic nitrogens is 3. The zero-order chi connectivity index (χ0) is 15.0. The van der Waals surface area contributed by atoms with Gasteiger partial charge in [0.1, 0.15) is 0 Å². The maximum Gasteiger partial charge on any atom is 0.0596 e. The first kappa shape index (κ1) is 13.9. The number of para-hydroxylation sites is 1. The molecule has 0 aliphatic heterocycles. The number of hydrogen-bond donors (Lipinski definition) is 1. The normalized spacial score (nSPS) is 13.0. The molecule has 0 radical (unpaired) electrons. The highest BCUT2D eigenvalue weighted by Gasteiger charge is 2.21. The number of fused-ring (bicyclic) bond motifs is 1. The van der Waals surface area contributed by atoms with E-state index in [0.29, 0.717) is 6.54 Å². The lowest BCUT2D eigenvalue weighted by atomic mass is 9.95. The highest BCUT2D eigenvalue weighted by atomic mass is 15.3. The molecule has 0 aliphatic carbocycles. The first-order valence-corrected chi connectivity index (χ1v) is 7.44. The van der Waals surface area contributed by atoms with Crippen LogP contribution in [0.25, 0.3) is 10.9 Å². The fraction of sp³-hybridized carbons (Fsp3) is 0.353. The molecule has 0 saturated carbocycles. The van der Waals surface area contributed by atoms with Gasteiger partial charge in [-0.05, 0) is 31.5 Å². The van der Waals surface area contributed by atoms with Crippen molar-refractivity contribution >= 4 is 10.9 Å². The van der Waals surface area contributed by atoms with Crippen LogP contribution in [0.15, 0.2) is 36.5 Å². The van der Waals surface area contributed by atoms with Gasteiger partial charge in [-0.25, -0.2) is 0 Å². The molecular formula is C17H22N4. The fourth-order valence-corrected chi connectivity index (χ4v) is 3.18. The number of nitrogens with two attached hydrogens (primary N) is 1. The van der Waals surface area contributed by atoms with Crippen LogP contribution in [0.5, 0.6) is 0 Å². The lowest BCUT2D eigenvalue weighted by Crippen LogP contribution is -2.16. The van der Waals surface area contributed by atoms with Crippen molar-refractivity contribution in [2.24, 2.45) is 12.8 Å². The Morgan fingerprint density at radius 2 is 2.05 bits per heavy atom. The summed E-state index contributed by atoms with van der Waals surface area (Å²) in [6.45, 7) is 5.73. The molecule has 3 aromatic rings. The maximum atomic E-state index is 6.11. The minimum Gasteiger partial charge on any atom is -0.347 e. The van der Waals surface area contributed by atoms with Crippen molar-refractivity contribution in [1.82, 2.24) is 14.3 Å². The Kier molecular flexibility index (Phi) is 3.55. The zero-order valence-corrected chi connectivity index (χ0v) is 12.9. The Morgan fingerprint density at radius 3 is 2.67 bits per heavy atom. The molecule has 0 spiro atoms. The summed E-state index contributed by atoms with van der Waals surface area (Å²) in [6, 6.07) is 10.7. The Hall–Kier alpha value is -2.07. The smallest absolute Gasteiger partial charge is 0.0596 e. The molecule has 2 aromatic heterocycles. The quantitative estimate of drug-likeness (QED) is 0.800. The van der Waals surface area contributed by atoms with E-state index in [-0.39, 0.29) is 5.92 Å². The van der Waals surface area contributed by atoms with Crippen LogP contribution in [0.4, 0.5) is 0 Å². The molecule has 1 unspecified atom stereocenters. The summed E-state index contributed by atoms with van der Waals surface area (Å²) < 4.78 is 4.24. The van der Waals surface area contributed by atoms with Crippen molar-refractivity contribution in [3.63, 3.8) is 0 Å². The van der Waals surface area contributed by atoms with Gasteiger partial charge in [0.2, 0.25) is 0 Å². The third-order valence-corrected chi connectivity index (χ3v) is 4.17. The standard InChI is InChI=1S/C17H22N4/c1-4-21-11-15(13-7-5-6-8-16(13)21)14(10-18)17-9-12(2)19-20(17)3/h5-9,11,14H,4,10,18H2,1-3H3. The molecule has 2 N–H and O–H groups in total. The lowest BCUT2D eigenvalue weighted by Gasteiger charge is -2.14. The summed E-state index contributed by atoms with van der Waals surface area (Å²) in [5.41, 5.74) is 10.9. The van der Waals surface area contributed by atoms with Gasteiger partial charge in [0.15, 0.2) is 0 Å². The molecule has 1 atom stereocenters. The molecule has 2 heterocycles. The molecule has 4 nitrogen and oxygen atoms in total. The summed E-state index contributed by atoms with van der Waals surface area (Å²) in [5, 5.41) is 5.75. The predicted molar refractivity (Wildman–Crippen MR) is 86.5 cm³/mol. The van der Waals surface area contributed by atoms with E-state index < -0.39 is 0 Å². The highest BCUT2D eigenvalue weighted by Crippen LogP contribution is 2.31. The summed E-state index contributed by atoms with van der Waals surface area (Å²) in [6.07, 6.45) is 2.24. The lowest BCUT2D eigenvalue weighted by molar-refractivity contribution is 0.659. The van der Waals surface area contributed by atoms with E-state index in [2.05, 4.69) is 53.1 Å². The van der Waals surface area contributed by atoms with Crippen molar-refractivity contribution in [3.05, 3.63) is 53.5 Å². The molecule has 0 aliphatic rings. The molecule has 0 fully saturated rings. The summed E-state index contributed by atoms with van der Waals surface area (Å²) in [4.78, 5) is 0. The second kappa shape index (κ2) is 5.37. The SMILES string of the molecule is CCn1cc(C(CN)c2cc(C)nn2C)c2ccccc21. The van der Waals surface area contributed by atoms with Crippen LogP contribution in [0.1, 0.15) is 29.8 Å². The summed E-state index contributed by atoms with van der Waals surface area (Å²) >= 11 is 0. The highest BCUT2D eigenvalue weighted by molar-refractivity contribution is 5.85. The minimum absolute atomic E-state index is 0.175. The van der Waals surface area contributed by atoms with Crippen LogP contribution in [0.3, 0.4) is 0 Å². The van der Waals surface area contributed by atoms with Crippen LogP contribution in [-0.2, 0) is 13.6 Å². The predicted octanol–water partition coefficient (Wildman–Crippen LogP) is 2.79. The Morgan fingerprint density at radius 1 is 1.29 bits per heavy atom. The van der Waals surface area contributed by atoms with Crippen LogP contribution in [0, 0.1) is 6.92 Å². The molecular weight excluding hydrogens is 260 g/mol. The van der Waals surface area contributed by atoms with Gasteiger partial charge in [-0.1, -0.05) is 18.2 Å². The van der Waals surface area contributed by atoms with Crippen molar-refractivity contribution < 1.29 is 0 Å². The summed E-state index contributed by atoms with van der Waals surface area (Å²) in [7, 11) is 1.99. The maximum absolute atomic E-state index is 6.11. The number of rotatable bonds is 4. The third kappa shape index (κ3) is 2.25. The molecule has 4 heteroatoms. The van der Waals surface area contributed by atoms with E-state index in [9.17, 15) is 0 Å². The number of hydrogen-bond acceptors (Lipinski definition) is 2. The van der Waals surface area contributed by atoms with E-state index in [1.165, 1.54) is 22.2 Å². The van der Waals surface area contributed by atoms with Crippen LogP contribution >= 0.6 is 0 Å². The second-order valence-electron chi connectivity index (χ2n) is 5.51. The van der Waals surface area contributed by atoms with Gasteiger partial charge in [-0.15, -0.1) is 0 Å². The molecule has 1 aromatic carbocycles. The van der Waals surface area contributed by atoms with Crippen molar-refractivity contribution in [2.75, 3.05) is 6.54 Å². The van der Waals surface area contributed by atoms with Crippen molar-refractivity contribution in [3.8, 4) is 0 Å². The molecule has 21 heavy (non-hydrogen) atoms. The first-order valence-electron chi connectivity index (χ1n) is 7.44. The molecule has 0 saturated heterocycles. The molecule has 3 rings (SSSR count). The largest absolute Gasteiger partial charge is 0.347 e. The van der Waals surface area contributed by atoms with Crippen molar-refractivity contribution in [2.45, 2.75) is 26.3 Å². The zero-order valence-electron chi connectivity index (χ0n) is 12.9. The average Bonchev–Trinajstić information content (AvgIpc) is 3.01. The minimum atomic E-state index is 0.175. The summed E-state index contributed by atoms with van der Waals surface area (Å²) in [5.74, 6) is 0.175. The van der Waals surface area contributed by atoms with Gasteiger partial charge >= 0.3 is 0 Å². The Balaban J connectivity index is 2.20. The average molecular weight is 282 g/mol. The van der Waals surface area contributed by atoms with Crippen LogP contribution < -0.4 is 5.73 Å². The topological polar surface area (TPSA) is 48.8 Å². The van der Waals surface area contributed by atoms with E-state index in [0.717, 1.165) is 12.2 Å². The van der Waals surface area contributed by atoms with Gasteiger partial charge in [-0.3, -0.25) is 4.68 Å². The Bertz CT molecular complexity index is 766. The van der Waals surface area contributed by atoms with E-state index in [4.69, 9.17) is 5.73 Å². The van der Waals surface area contributed by atoms with E-state index in [1.54, 1.807) is 0 Å². The number of nitrogens with zero attached hydrogens (tertiary/aromatic N) is 3. The van der Waals surface area contributed by atoms with Gasteiger partial charge in [0, 0.05) is 48.8 Å². The van der Waals surface area contributed by atoms with Crippen LogP contribution in [-0.4, -0.2) is 20.9 Å². The van der Waals surface area contributed by atoms with E-state index in [1.807, 2.05) is 18.7 Å². The first-order chi connectivity index (χ1) is 10.2. The Labute approximate surface area is 125 Å². The number of benzene rings is 1. The molecule has 110 valence electrons. The third-order valence-electron chi connectivity index (χ3n) is 4.17.